The van der Waals surface area contributed by atoms with Gasteiger partial charge in [-0.25, -0.2) is 0 Å². The fourth-order valence-corrected chi connectivity index (χ4v) is 2.89. The molecule has 0 spiro atoms. The largest absolute Gasteiger partial charge is 0.293 e. The highest BCUT2D eigenvalue weighted by Gasteiger charge is 2.07. The zero-order chi connectivity index (χ0) is 11.1. The molecule has 0 fully saturated rings. The number of carbonyl (C=O) groups excluding carboxylic acids is 1. The minimum Gasteiger partial charge on any atom is -0.293 e. The van der Waals surface area contributed by atoms with Gasteiger partial charge in [0.15, 0.2) is 5.78 Å². The third kappa shape index (κ3) is 4.31. The Hall–Kier alpha value is -0.410. The van der Waals surface area contributed by atoms with Crippen LogP contribution in [-0.2, 0) is 0 Å². The Kier molecular flexibility index (Phi) is 5.88. The predicted molar refractivity (Wildman–Crippen MR) is 71.2 cm³/mol. The summed E-state index contributed by atoms with van der Waals surface area (Å²) in [6.45, 7) is 1.99. The van der Waals surface area contributed by atoms with Gasteiger partial charge in [-0.3, -0.25) is 4.79 Å². The molecule has 82 valence electrons. The SMILES string of the molecule is CSCCSCC(=O)c1ccccc1C. The fourth-order valence-electron chi connectivity index (χ4n) is 1.27. The van der Waals surface area contributed by atoms with Crippen molar-refractivity contribution in [3.63, 3.8) is 0 Å². The van der Waals surface area contributed by atoms with Crippen LogP contribution in [0.4, 0.5) is 0 Å². The maximum Gasteiger partial charge on any atom is 0.172 e. The van der Waals surface area contributed by atoms with Gasteiger partial charge in [0.05, 0.1) is 5.75 Å². The lowest BCUT2D eigenvalue weighted by molar-refractivity contribution is 0.102. The monoisotopic (exact) mass is 240 g/mol. The zero-order valence-electron chi connectivity index (χ0n) is 9.16. The van der Waals surface area contributed by atoms with Gasteiger partial charge in [-0.15, -0.1) is 0 Å². The van der Waals surface area contributed by atoms with Gasteiger partial charge in [0.1, 0.15) is 0 Å². The molecule has 0 radical (unpaired) electrons. The number of thioether (sulfide) groups is 2. The van der Waals surface area contributed by atoms with Crippen molar-refractivity contribution in [3.8, 4) is 0 Å². The zero-order valence-corrected chi connectivity index (χ0v) is 10.8. The molecule has 0 heterocycles. The van der Waals surface area contributed by atoms with Gasteiger partial charge in [-0.05, 0) is 18.7 Å². The highest BCUT2D eigenvalue weighted by molar-refractivity contribution is 8.02. The van der Waals surface area contributed by atoms with Crippen molar-refractivity contribution in [1.82, 2.24) is 0 Å². The van der Waals surface area contributed by atoms with Crippen molar-refractivity contribution in [2.75, 3.05) is 23.5 Å². The van der Waals surface area contributed by atoms with Crippen molar-refractivity contribution in [1.29, 1.82) is 0 Å². The van der Waals surface area contributed by atoms with Crippen LogP contribution in [0, 0.1) is 6.92 Å². The maximum atomic E-state index is 11.8. The van der Waals surface area contributed by atoms with Crippen LogP contribution in [0.25, 0.3) is 0 Å². The van der Waals surface area contributed by atoms with Gasteiger partial charge in [0, 0.05) is 17.1 Å². The number of hydrogen-bond acceptors (Lipinski definition) is 3. The van der Waals surface area contributed by atoms with Gasteiger partial charge in [0.25, 0.3) is 0 Å². The Bertz CT molecular complexity index is 323. The Balaban J connectivity index is 2.44. The third-order valence-electron chi connectivity index (χ3n) is 2.11. The van der Waals surface area contributed by atoms with E-state index in [1.54, 1.807) is 11.8 Å². The summed E-state index contributed by atoms with van der Waals surface area (Å²) in [5, 5.41) is 0. The van der Waals surface area contributed by atoms with E-state index in [-0.39, 0.29) is 5.78 Å². The number of carbonyl (C=O) groups is 1. The molecule has 0 N–H and O–H groups in total. The van der Waals surface area contributed by atoms with Crippen molar-refractivity contribution in [2.45, 2.75) is 6.92 Å². The van der Waals surface area contributed by atoms with Gasteiger partial charge < -0.3 is 0 Å². The molecule has 1 nitrogen and oxygen atoms in total. The number of hydrogen-bond donors (Lipinski definition) is 0. The highest BCUT2D eigenvalue weighted by Crippen LogP contribution is 2.12. The maximum absolute atomic E-state index is 11.8. The molecular formula is C12H16OS2. The third-order valence-corrected chi connectivity index (χ3v) is 3.94. The summed E-state index contributed by atoms with van der Waals surface area (Å²) in [5.41, 5.74) is 1.95. The Morgan fingerprint density at radius 2 is 2.00 bits per heavy atom. The molecule has 0 aromatic heterocycles. The van der Waals surface area contributed by atoms with E-state index in [0.717, 1.165) is 22.6 Å². The normalized spacial score (nSPS) is 10.3. The molecule has 0 amide bonds. The van der Waals surface area contributed by atoms with E-state index in [0.29, 0.717) is 5.75 Å². The molecular weight excluding hydrogens is 224 g/mol. The van der Waals surface area contributed by atoms with Crippen LogP contribution < -0.4 is 0 Å². The van der Waals surface area contributed by atoms with Crippen LogP contribution in [0.1, 0.15) is 15.9 Å². The van der Waals surface area contributed by atoms with Gasteiger partial charge in [0.2, 0.25) is 0 Å². The van der Waals surface area contributed by atoms with Crippen LogP contribution >= 0.6 is 23.5 Å². The number of rotatable bonds is 6. The smallest absolute Gasteiger partial charge is 0.172 e. The lowest BCUT2D eigenvalue weighted by atomic mass is 10.1. The summed E-state index contributed by atoms with van der Waals surface area (Å²) in [4.78, 5) is 11.8. The van der Waals surface area contributed by atoms with E-state index in [1.165, 1.54) is 0 Å². The second-order valence-corrected chi connectivity index (χ2v) is 5.37. The molecule has 3 heteroatoms. The molecule has 0 atom stereocenters. The van der Waals surface area contributed by atoms with Crippen molar-refractivity contribution < 1.29 is 4.79 Å². The number of aryl methyl sites for hydroxylation is 1. The molecule has 1 aromatic carbocycles. The average molecular weight is 240 g/mol. The number of Topliss-reactive ketones (excluding diaryl/α,β-unsaturated/α-hetero) is 1. The minimum absolute atomic E-state index is 0.249. The molecule has 0 aliphatic rings. The Morgan fingerprint density at radius 1 is 1.27 bits per heavy atom. The van der Waals surface area contributed by atoms with Crippen molar-refractivity contribution in [2.24, 2.45) is 0 Å². The molecule has 1 aromatic rings. The van der Waals surface area contributed by atoms with E-state index in [1.807, 2.05) is 43.0 Å². The summed E-state index contributed by atoms with van der Waals surface area (Å²) >= 11 is 3.54. The summed E-state index contributed by atoms with van der Waals surface area (Å²) in [5.74, 6) is 3.02. The van der Waals surface area contributed by atoms with Gasteiger partial charge in [-0.2, -0.15) is 23.5 Å². The van der Waals surface area contributed by atoms with Gasteiger partial charge >= 0.3 is 0 Å². The minimum atomic E-state index is 0.249. The van der Waals surface area contributed by atoms with E-state index < -0.39 is 0 Å². The van der Waals surface area contributed by atoms with Crippen molar-refractivity contribution >= 4 is 29.3 Å². The molecule has 0 bridgehead atoms. The Morgan fingerprint density at radius 3 is 2.67 bits per heavy atom. The van der Waals surface area contributed by atoms with E-state index in [2.05, 4.69) is 6.26 Å². The lowest BCUT2D eigenvalue weighted by Crippen LogP contribution is -2.05. The average Bonchev–Trinajstić information content (AvgIpc) is 2.25. The summed E-state index contributed by atoms with van der Waals surface area (Å²) in [7, 11) is 0. The van der Waals surface area contributed by atoms with Gasteiger partial charge in [-0.1, -0.05) is 24.3 Å². The number of ketones is 1. The van der Waals surface area contributed by atoms with Crippen LogP contribution in [-0.4, -0.2) is 29.3 Å². The lowest BCUT2D eigenvalue weighted by Gasteiger charge is -2.03. The van der Waals surface area contributed by atoms with Crippen LogP contribution in [0.3, 0.4) is 0 Å². The first-order valence-corrected chi connectivity index (χ1v) is 7.46. The summed E-state index contributed by atoms with van der Waals surface area (Å²) in [6.07, 6.45) is 2.09. The van der Waals surface area contributed by atoms with E-state index in [4.69, 9.17) is 0 Å². The fraction of sp³-hybridized carbons (Fsp3) is 0.417. The topological polar surface area (TPSA) is 17.1 Å². The quantitative estimate of drug-likeness (QED) is 0.561. The van der Waals surface area contributed by atoms with Crippen LogP contribution in [0.2, 0.25) is 0 Å². The summed E-state index contributed by atoms with van der Waals surface area (Å²) < 4.78 is 0. The van der Waals surface area contributed by atoms with E-state index in [9.17, 15) is 4.79 Å². The molecule has 0 saturated carbocycles. The molecule has 0 unspecified atom stereocenters. The first-order chi connectivity index (χ1) is 7.25. The molecule has 0 aliphatic heterocycles. The first kappa shape index (κ1) is 12.7. The second kappa shape index (κ2) is 6.96. The highest BCUT2D eigenvalue weighted by atomic mass is 32.2. The molecule has 1 rings (SSSR count). The Labute approximate surface area is 100 Å². The molecule has 0 saturated heterocycles. The second-order valence-electron chi connectivity index (χ2n) is 3.28. The molecule has 0 aliphatic carbocycles. The first-order valence-electron chi connectivity index (χ1n) is 4.91. The summed E-state index contributed by atoms with van der Waals surface area (Å²) in [6, 6.07) is 7.78. The standard InChI is InChI=1S/C12H16OS2/c1-10-5-3-4-6-11(10)12(13)9-15-8-7-14-2/h3-6H,7-9H2,1-2H3. The molecule has 15 heavy (non-hydrogen) atoms. The number of benzene rings is 1. The van der Waals surface area contributed by atoms with Crippen molar-refractivity contribution in [3.05, 3.63) is 35.4 Å². The van der Waals surface area contributed by atoms with Crippen LogP contribution in [0.15, 0.2) is 24.3 Å². The predicted octanol–water partition coefficient (Wildman–Crippen LogP) is 3.27. The van der Waals surface area contributed by atoms with E-state index >= 15 is 0 Å². The van der Waals surface area contributed by atoms with Crippen LogP contribution in [0.5, 0.6) is 0 Å².